The number of hydrogen-bond acceptors (Lipinski definition) is 3. The molecule has 0 aliphatic carbocycles. The van der Waals surface area contributed by atoms with E-state index in [9.17, 15) is 0 Å². The molecule has 1 unspecified atom stereocenters. The van der Waals surface area contributed by atoms with Crippen LogP contribution in [0.4, 0.5) is 5.69 Å². The third kappa shape index (κ3) is 4.50. The molecule has 1 aromatic rings. The molecular weight excluding hydrogens is 246 g/mol. The van der Waals surface area contributed by atoms with Gasteiger partial charge in [-0.1, -0.05) is 26.0 Å². The minimum atomic E-state index is 0.237. The molecule has 0 aromatic heterocycles. The lowest BCUT2D eigenvalue weighted by Gasteiger charge is -2.36. The number of nitrogens with two attached hydrogens (primary N) is 1. The summed E-state index contributed by atoms with van der Waals surface area (Å²) < 4.78 is 0. The molecule has 1 aromatic carbocycles. The van der Waals surface area contributed by atoms with E-state index in [0.29, 0.717) is 0 Å². The molecule has 112 valence electrons. The number of anilines is 1. The molecule has 0 bridgehead atoms. The first-order chi connectivity index (χ1) is 9.54. The summed E-state index contributed by atoms with van der Waals surface area (Å²) in [6.45, 7) is 12.5. The van der Waals surface area contributed by atoms with E-state index < -0.39 is 0 Å². The second-order valence-corrected chi connectivity index (χ2v) is 6.53. The van der Waals surface area contributed by atoms with Crippen LogP contribution in [-0.4, -0.2) is 43.7 Å². The van der Waals surface area contributed by atoms with Crippen molar-refractivity contribution >= 4 is 5.69 Å². The van der Waals surface area contributed by atoms with Crippen molar-refractivity contribution in [3.8, 4) is 0 Å². The van der Waals surface area contributed by atoms with Crippen LogP contribution < -0.4 is 10.6 Å². The highest BCUT2D eigenvalue weighted by molar-refractivity contribution is 5.48. The maximum atomic E-state index is 5.84. The van der Waals surface area contributed by atoms with Gasteiger partial charge in [0.25, 0.3) is 0 Å². The maximum Gasteiger partial charge on any atom is 0.0367 e. The Labute approximate surface area is 123 Å². The second-order valence-electron chi connectivity index (χ2n) is 6.53. The normalized spacial score (nSPS) is 18.6. The molecule has 1 aliphatic rings. The van der Waals surface area contributed by atoms with Crippen molar-refractivity contribution in [1.82, 2.24) is 4.90 Å². The molecule has 2 N–H and O–H groups in total. The van der Waals surface area contributed by atoms with Gasteiger partial charge >= 0.3 is 0 Å². The van der Waals surface area contributed by atoms with Gasteiger partial charge in [0.2, 0.25) is 0 Å². The van der Waals surface area contributed by atoms with Crippen LogP contribution in [0.3, 0.4) is 0 Å². The molecule has 2 rings (SSSR count). The van der Waals surface area contributed by atoms with E-state index in [1.54, 1.807) is 0 Å². The molecule has 1 saturated heterocycles. The van der Waals surface area contributed by atoms with Gasteiger partial charge < -0.3 is 10.6 Å². The van der Waals surface area contributed by atoms with Crippen LogP contribution in [0.15, 0.2) is 24.3 Å². The number of nitrogens with zero attached hydrogens (tertiary/aromatic N) is 2. The molecular formula is C17H29N3. The summed E-state index contributed by atoms with van der Waals surface area (Å²) in [5.74, 6) is 0.763. The van der Waals surface area contributed by atoms with Crippen LogP contribution in [0.1, 0.15) is 26.3 Å². The lowest BCUT2D eigenvalue weighted by atomic mass is 10.1. The zero-order chi connectivity index (χ0) is 14.5. The predicted molar refractivity (Wildman–Crippen MR) is 87.3 cm³/mol. The van der Waals surface area contributed by atoms with Crippen molar-refractivity contribution < 1.29 is 0 Å². The third-order valence-corrected chi connectivity index (χ3v) is 3.85. The highest BCUT2D eigenvalue weighted by Gasteiger charge is 2.17. The van der Waals surface area contributed by atoms with Crippen molar-refractivity contribution in [2.45, 2.75) is 33.2 Å². The Morgan fingerprint density at radius 2 is 1.60 bits per heavy atom. The number of benzene rings is 1. The maximum absolute atomic E-state index is 5.84. The first kappa shape index (κ1) is 15.3. The summed E-state index contributed by atoms with van der Waals surface area (Å²) in [6.07, 6.45) is 0.961. The Kier molecular flexibility index (Phi) is 5.44. The Balaban J connectivity index is 1.87. The lowest BCUT2D eigenvalue weighted by molar-refractivity contribution is 0.231. The molecule has 0 amide bonds. The molecule has 0 spiro atoms. The summed E-state index contributed by atoms with van der Waals surface area (Å²) in [5, 5.41) is 0. The minimum absolute atomic E-state index is 0.237. The van der Waals surface area contributed by atoms with E-state index in [0.717, 1.165) is 25.4 Å². The van der Waals surface area contributed by atoms with Crippen LogP contribution in [-0.2, 0) is 6.42 Å². The van der Waals surface area contributed by atoms with Gasteiger partial charge in [-0.3, -0.25) is 4.90 Å². The van der Waals surface area contributed by atoms with Crippen LogP contribution in [0.5, 0.6) is 0 Å². The largest absolute Gasteiger partial charge is 0.369 e. The number of piperazine rings is 1. The summed E-state index contributed by atoms with van der Waals surface area (Å²) in [6, 6.07) is 9.17. The van der Waals surface area contributed by atoms with E-state index in [2.05, 4.69) is 54.8 Å². The zero-order valence-electron chi connectivity index (χ0n) is 13.2. The molecule has 1 aliphatic heterocycles. The lowest BCUT2D eigenvalue weighted by Crippen LogP contribution is -2.47. The first-order valence-electron chi connectivity index (χ1n) is 7.86. The van der Waals surface area contributed by atoms with Gasteiger partial charge in [-0.2, -0.15) is 0 Å². The fourth-order valence-electron chi connectivity index (χ4n) is 2.92. The Morgan fingerprint density at radius 3 is 2.10 bits per heavy atom. The topological polar surface area (TPSA) is 32.5 Å². The Morgan fingerprint density at radius 1 is 1.00 bits per heavy atom. The van der Waals surface area contributed by atoms with Gasteiger partial charge in [-0.05, 0) is 37.0 Å². The van der Waals surface area contributed by atoms with E-state index in [1.165, 1.54) is 30.9 Å². The molecule has 3 heteroatoms. The average Bonchev–Trinajstić information content (AvgIpc) is 2.39. The molecule has 0 radical (unpaired) electrons. The zero-order valence-corrected chi connectivity index (χ0v) is 13.2. The standard InChI is InChI=1S/C17H29N3/c1-14(2)13-19-8-10-20(11-9-19)17-6-4-16(5-7-17)12-15(3)18/h4-7,14-15H,8-13,18H2,1-3H3. The molecule has 1 atom stereocenters. The minimum Gasteiger partial charge on any atom is -0.369 e. The number of hydrogen-bond donors (Lipinski definition) is 1. The summed E-state index contributed by atoms with van der Waals surface area (Å²) in [5.41, 5.74) is 8.53. The van der Waals surface area contributed by atoms with E-state index in [-0.39, 0.29) is 6.04 Å². The van der Waals surface area contributed by atoms with E-state index >= 15 is 0 Å². The Hall–Kier alpha value is -1.06. The predicted octanol–water partition coefficient (Wildman–Crippen LogP) is 2.35. The molecule has 1 fully saturated rings. The van der Waals surface area contributed by atoms with Crippen molar-refractivity contribution in [3.05, 3.63) is 29.8 Å². The van der Waals surface area contributed by atoms with Crippen molar-refractivity contribution in [3.63, 3.8) is 0 Å². The smallest absolute Gasteiger partial charge is 0.0367 e. The average molecular weight is 275 g/mol. The van der Waals surface area contributed by atoms with Crippen LogP contribution in [0, 0.1) is 5.92 Å². The van der Waals surface area contributed by atoms with Crippen molar-refractivity contribution in [2.75, 3.05) is 37.6 Å². The first-order valence-corrected chi connectivity index (χ1v) is 7.86. The quantitative estimate of drug-likeness (QED) is 0.895. The van der Waals surface area contributed by atoms with Crippen LogP contribution >= 0.6 is 0 Å². The van der Waals surface area contributed by atoms with E-state index in [1.807, 2.05) is 0 Å². The number of rotatable bonds is 5. The molecule has 0 saturated carbocycles. The third-order valence-electron chi connectivity index (χ3n) is 3.85. The SMILES string of the molecule is CC(C)CN1CCN(c2ccc(CC(C)N)cc2)CC1. The van der Waals surface area contributed by atoms with Crippen molar-refractivity contribution in [2.24, 2.45) is 11.7 Å². The monoisotopic (exact) mass is 275 g/mol. The van der Waals surface area contributed by atoms with Gasteiger partial charge in [0, 0.05) is 44.5 Å². The Bertz CT molecular complexity index is 389. The van der Waals surface area contributed by atoms with Gasteiger partial charge in [-0.15, -0.1) is 0 Å². The van der Waals surface area contributed by atoms with Crippen molar-refractivity contribution in [1.29, 1.82) is 0 Å². The van der Waals surface area contributed by atoms with Gasteiger partial charge in [0.15, 0.2) is 0 Å². The van der Waals surface area contributed by atoms with Gasteiger partial charge in [0.05, 0.1) is 0 Å². The van der Waals surface area contributed by atoms with E-state index in [4.69, 9.17) is 5.73 Å². The summed E-state index contributed by atoms with van der Waals surface area (Å²) in [7, 11) is 0. The summed E-state index contributed by atoms with van der Waals surface area (Å²) in [4.78, 5) is 5.07. The van der Waals surface area contributed by atoms with Gasteiger partial charge in [0.1, 0.15) is 0 Å². The fraction of sp³-hybridized carbons (Fsp3) is 0.647. The summed E-state index contributed by atoms with van der Waals surface area (Å²) >= 11 is 0. The van der Waals surface area contributed by atoms with Gasteiger partial charge in [-0.25, -0.2) is 0 Å². The van der Waals surface area contributed by atoms with Crippen LogP contribution in [0.2, 0.25) is 0 Å². The molecule has 20 heavy (non-hydrogen) atoms. The molecule has 3 nitrogen and oxygen atoms in total. The highest BCUT2D eigenvalue weighted by Crippen LogP contribution is 2.18. The molecule has 1 heterocycles. The van der Waals surface area contributed by atoms with Crippen LogP contribution in [0.25, 0.3) is 0 Å². The fourth-order valence-corrected chi connectivity index (χ4v) is 2.92. The second kappa shape index (κ2) is 7.09. The highest BCUT2D eigenvalue weighted by atomic mass is 15.3.